The highest BCUT2D eigenvalue weighted by Crippen LogP contribution is 2.54. The van der Waals surface area contributed by atoms with Crippen molar-refractivity contribution < 1.29 is 9.90 Å². The molecule has 1 aliphatic carbocycles. The van der Waals surface area contributed by atoms with Gasteiger partial charge in [0.05, 0.1) is 6.57 Å². The van der Waals surface area contributed by atoms with Crippen LogP contribution in [0.2, 0.25) is 0 Å². The molecule has 1 aliphatic rings. The fraction of sp³-hybridized carbons (Fsp3) is 0.103. The van der Waals surface area contributed by atoms with Crippen LogP contribution in [0.3, 0.4) is 0 Å². The van der Waals surface area contributed by atoms with Crippen LogP contribution >= 0.6 is 11.3 Å². The minimum atomic E-state index is -1.20. The van der Waals surface area contributed by atoms with Gasteiger partial charge in [0.2, 0.25) is 0 Å². The maximum atomic E-state index is 11.3. The van der Waals surface area contributed by atoms with Crippen molar-refractivity contribution in [3.63, 3.8) is 0 Å². The van der Waals surface area contributed by atoms with E-state index in [1.54, 1.807) is 0 Å². The molecule has 3 aromatic carbocycles. The summed E-state index contributed by atoms with van der Waals surface area (Å²) in [5.41, 5.74) is 6.31. The fourth-order valence-electron chi connectivity index (χ4n) is 4.55. The van der Waals surface area contributed by atoms with Crippen LogP contribution in [0.1, 0.15) is 29.9 Å². The van der Waals surface area contributed by atoms with E-state index in [1.165, 1.54) is 23.0 Å². The number of anilines is 3. The molecule has 5 rings (SSSR count). The third-order valence-corrected chi connectivity index (χ3v) is 7.37. The van der Waals surface area contributed by atoms with Crippen LogP contribution in [0.25, 0.3) is 21.4 Å². The summed E-state index contributed by atoms with van der Waals surface area (Å²) in [5.74, 6) is -1.20. The summed E-state index contributed by atoms with van der Waals surface area (Å²) in [5, 5.41) is 9.23. The monoisotopic (exact) mass is 462 g/mol. The molecule has 1 heterocycles. The number of aliphatic carboxylic acids is 1. The summed E-state index contributed by atoms with van der Waals surface area (Å²) in [6.07, 6.45) is 1.47. The number of carboxylic acids is 1. The van der Waals surface area contributed by atoms with Gasteiger partial charge in [-0.2, -0.15) is 0 Å². The largest absolute Gasteiger partial charge is 0.486 e. The number of benzene rings is 3. The molecule has 0 aliphatic heterocycles. The van der Waals surface area contributed by atoms with E-state index in [4.69, 9.17) is 6.57 Å². The molecule has 0 radical (unpaired) electrons. The normalized spacial score (nSPS) is 13.6. The van der Waals surface area contributed by atoms with Crippen molar-refractivity contribution in [2.45, 2.75) is 19.3 Å². The molecule has 0 spiro atoms. The van der Waals surface area contributed by atoms with Gasteiger partial charge in [0.15, 0.2) is 0 Å². The Hall–Kier alpha value is -4.14. The predicted molar refractivity (Wildman–Crippen MR) is 139 cm³/mol. The standard InChI is InChI=1S/C29H22N2O2S/c1-29(2)24-16-21(31(19-10-6-4-7-11-19)20-12-8-5-9-13-20)14-15-23(24)27-25(29)17-22(34-27)18-26(30-3)28(32)33/h4-18H,1-2H3,(H,32,33)/b26-18-. The molecule has 0 saturated heterocycles. The zero-order chi connectivity index (χ0) is 23.9. The van der Waals surface area contributed by atoms with E-state index in [-0.39, 0.29) is 11.1 Å². The van der Waals surface area contributed by atoms with Gasteiger partial charge < -0.3 is 10.0 Å². The fourth-order valence-corrected chi connectivity index (χ4v) is 5.85. The molecule has 166 valence electrons. The van der Waals surface area contributed by atoms with Crippen LogP contribution in [-0.4, -0.2) is 11.1 Å². The molecule has 4 aromatic rings. The van der Waals surface area contributed by atoms with Crippen LogP contribution in [0.15, 0.2) is 90.6 Å². The number of thiophene rings is 1. The van der Waals surface area contributed by atoms with Gasteiger partial charge in [0.25, 0.3) is 5.70 Å². The number of para-hydroxylation sites is 2. The SMILES string of the molecule is [C-]#[N+]/C(=C\c1cc2c(s1)-c1ccc(N(c3ccccc3)c3ccccc3)cc1C2(C)C)C(=O)O. The van der Waals surface area contributed by atoms with Crippen LogP contribution in [0, 0.1) is 6.57 Å². The zero-order valence-electron chi connectivity index (χ0n) is 18.8. The van der Waals surface area contributed by atoms with Gasteiger partial charge in [-0.15, -0.1) is 11.3 Å². The third kappa shape index (κ3) is 3.59. The topological polar surface area (TPSA) is 44.9 Å². The molecule has 34 heavy (non-hydrogen) atoms. The first-order valence-electron chi connectivity index (χ1n) is 10.9. The summed E-state index contributed by atoms with van der Waals surface area (Å²) < 4.78 is 0. The van der Waals surface area contributed by atoms with Gasteiger partial charge in [-0.1, -0.05) is 56.3 Å². The van der Waals surface area contributed by atoms with Gasteiger partial charge >= 0.3 is 5.97 Å². The van der Waals surface area contributed by atoms with Crippen molar-refractivity contribution in [1.29, 1.82) is 0 Å². The summed E-state index contributed by atoms with van der Waals surface area (Å²) in [6.45, 7) is 11.5. The Kier molecular flexibility index (Phi) is 5.31. The predicted octanol–water partition coefficient (Wildman–Crippen LogP) is 7.87. The van der Waals surface area contributed by atoms with Gasteiger partial charge in [-0.3, -0.25) is 4.79 Å². The van der Waals surface area contributed by atoms with Gasteiger partial charge in [0.1, 0.15) is 0 Å². The molecule has 1 N–H and O–H groups in total. The second-order valence-electron chi connectivity index (χ2n) is 8.70. The highest BCUT2D eigenvalue weighted by atomic mass is 32.1. The smallest absolute Gasteiger partial charge is 0.333 e. The van der Waals surface area contributed by atoms with Gasteiger partial charge in [-0.05, 0) is 65.2 Å². The molecule has 4 nitrogen and oxygen atoms in total. The lowest BCUT2D eigenvalue weighted by Gasteiger charge is -2.28. The lowest BCUT2D eigenvalue weighted by Crippen LogP contribution is -2.16. The number of hydrogen-bond acceptors (Lipinski definition) is 3. The minimum Gasteiger partial charge on any atom is -0.486 e. The van der Waals surface area contributed by atoms with E-state index in [9.17, 15) is 9.90 Å². The highest BCUT2D eigenvalue weighted by Gasteiger charge is 2.37. The number of carboxylic acid groups (broad SMARTS) is 1. The van der Waals surface area contributed by atoms with E-state index in [0.717, 1.165) is 37.9 Å². The Morgan fingerprint density at radius 2 is 1.53 bits per heavy atom. The zero-order valence-corrected chi connectivity index (χ0v) is 19.6. The average molecular weight is 463 g/mol. The average Bonchev–Trinajstić information content (AvgIpc) is 3.36. The maximum absolute atomic E-state index is 11.3. The molecule has 0 atom stereocenters. The van der Waals surface area contributed by atoms with E-state index in [1.807, 2.05) is 42.5 Å². The molecule has 0 bridgehead atoms. The van der Waals surface area contributed by atoms with Crippen molar-refractivity contribution in [2.24, 2.45) is 0 Å². The van der Waals surface area contributed by atoms with Crippen molar-refractivity contribution in [3.05, 3.63) is 118 Å². The molecule has 1 aromatic heterocycles. The molecule has 0 fully saturated rings. The Balaban J connectivity index is 1.62. The van der Waals surface area contributed by atoms with Crippen LogP contribution in [0.5, 0.6) is 0 Å². The maximum Gasteiger partial charge on any atom is 0.333 e. The first-order valence-corrected chi connectivity index (χ1v) is 11.7. The number of hydrogen-bond donors (Lipinski definition) is 1. The first-order chi connectivity index (χ1) is 16.4. The van der Waals surface area contributed by atoms with Crippen LogP contribution < -0.4 is 4.90 Å². The van der Waals surface area contributed by atoms with Crippen LogP contribution in [0.4, 0.5) is 17.1 Å². The highest BCUT2D eigenvalue weighted by molar-refractivity contribution is 7.16. The van der Waals surface area contributed by atoms with Crippen molar-refractivity contribution >= 4 is 40.4 Å². The Labute approximate surface area is 202 Å². The van der Waals surface area contributed by atoms with Crippen molar-refractivity contribution in [2.75, 3.05) is 4.90 Å². The first kappa shape index (κ1) is 21.7. The Morgan fingerprint density at radius 3 is 2.09 bits per heavy atom. The number of carbonyl (C=O) groups is 1. The third-order valence-electron chi connectivity index (χ3n) is 6.25. The molecule has 5 heteroatoms. The lowest BCUT2D eigenvalue weighted by molar-refractivity contribution is -0.132. The second kappa shape index (κ2) is 8.33. The van der Waals surface area contributed by atoms with Crippen molar-refractivity contribution in [1.82, 2.24) is 0 Å². The van der Waals surface area contributed by atoms with E-state index in [0.29, 0.717) is 0 Å². The molecular formula is C29H22N2O2S. The second-order valence-corrected chi connectivity index (χ2v) is 9.78. The number of rotatable bonds is 5. The van der Waals surface area contributed by atoms with Gasteiger partial charge in [-0.25, -0.2) is 4.85 Å². The van der Waals surface area contributed by atoms with E-state index >= 15 is 0 Å². The van der Waals surface area contributed by atoms with Gasteiger partial charge in [0, 0.05) is 32.2 Å². The van der Waals surface area contributed by atoms with E-state index in [2.05, 4.69) is 66.1 Å². The van der Waals surface area contributed by atoms with Crippen LogP contribution in [-0.2, 0) is 10.2 Å². The van der Waals surface area contributed by atoms with E-state index < -0.39 is 5.97 Å². The molecule has 0 amide bonds. The quantitative estimate of drug-likeness (QED) is 0.242. The summed E-state index contributed by atoms with van der Waals surface area (Å²) in [6, 6.07) is 29.3. The molecule has 0 saturated carbocycles. The number of fused-ring (bicyclic) bond motifs is 3. The summed E-state index contributed by atoms with van der Waals surface area (Å²) >= 11 is 1.54. The van der Waals surface area contributed by atoms with Crippen molar-refractivity contribution in [3.8, 4) is 10.4 Å². The summed E-state index contributed by atoms with van der Waals surface area (Å²) in [4.78, 5) is 18.6. The molecule has 0 unspecified atom stereocenters. The number of nitrogens with zero attached hydrogens (tertiary/aromatic N) is 2. The summed E-state index contributed by atoms with van der Waals surface area (Å²) in [7, 11) is 0. The minimum absolute atomic E-state index is 0.246. The Morgan fingerprint density at radius 1 is 0.912 bits per heavy atom. The Bertz CT molecular complexity index is 1420. The molecular weight excluding hydrogens is 440 g/mol. The lowest BCUT2D eigenvalue weighted by atomic mass is 9.82.